The van der Waals surface area contributed by atoms with E-state index < -0.39 is 0 Å². The second-order valence-electron chi connectivity index (χ2n) is 4.74. The van der Waals surface area contributed by atoms with Gasteiger partial charge in [-0.3, -0.25) is 4.79 Å². The molecule has 2 aromatic carbocycles. The lowest BCUT2D eigenvalue weighted by Gasteiger charge is -2.05. The maximum Gasteiger partial charge on any atom is 0.277 e. The predicted octanol–water partition coefficient (Wildman–Crippen LogP) is 3.83. The molecule has 0 aliphatic rings. The minimum absolute atomic E-state index is 0.114. The number of phenols is 1. The fraction of sp³-hybridized carbons (Fsp3) is 0.0625. The quantitative estimate of drug-likeness (QED) is 0.671. The van der Waals surface area contributed by atoms with Crippen LogP contribution in [-0.2, 0) is 4.79 Å². The van der Waals surface area contributed by atoms with Gasteiger partial charge >= 0.3 is 0 Å². The van der Waals surface area contributed by atoms with Crippen molar-refractivity contribution in [3.8, 4) is 17.2 Å². The first-order chi connectivity index (χ1) is 11.6. The summed E-state index contributed by atoms with van der Waals surface area (Å²) in [6.45, 7) is 0. The van der Waals surface area contributed by atoms with Gasteiger partial charge in [-0.1, -0.05) is 35.5 Å². The molecule has 1 amide bonds. The van der Waals surface area contributed by atoms with E-state index in [0.717, 1.165) is 11.8 Å². The van der Waals surface area contributed by atoms with Crippen molar-refractivity contribution in [3.05, 3.63) is 53.6 Å². The third-order valence-electron chi connectivity index (χ3n) is 3.00. The zero-order valence-corrected chi connectivity index (χ0v) is 13.8. The number of anilines is 1. The number of amides is 1. The topological polar surface area (TPSA) is 88.2 Å². The van der Waals surface area contributed by atoms with Crippen molar-refractivity contribution in [2.45, 2.75) is 5.22 Å². The van der Waals surface area contributed by atoms with Gasteiger partial charge in [0.05, 0.1) is 16.5 Å². The Bertz CT molecular complexity index is 852. The van der Waals surface area contributed by atoms with E-state index in [4.69, 9.17) is 16.0 Å². The summed E-state index contributed by atoms with van der Waals surface area (Å²) >= 11 is 7.12. The van der Waals surface area contributed by atoms with Gasteiger partial charge in [-0.15, -0.1) is 10.2 Å². The van der Waals surface area contributed by atoms with Gasteiger partial charge in [0.2, 0.25) is 11.8 Å². The molecule has 0 bridgehead atoms. The minimum Gasteiger partial charge on any atom is -0.508 e. The number of benzene rings is 2. The third-order valence-corrected chi connectivity index (χ3v) is 4.14. The molecular weight excluding hydrogens is 350 g/mol. The molecule has 1 aromatic heterocycles. The van der Waals surface area contributed by atoms with E-state index in [-0.39, 0.29) is 22.6 Å². The van der Waals surface area contributed by atoms with Gasteiger partial charge in [0.1, 0.15) is 5.75 Å². The standard InChI is InChI=1S/C16H12ClN3O3S/c17-12-3-1-2-4-13(12)18-14(22)9-24-16-20-19-15(23-16)10-5-7-11(21)8-6-10/h1-8,21H,9H2,(H,18,22). The summed E-state index contributed by atoms with van der Waals surface area (Å²) in [6.07, 6.45) is 0. The summed E-state index contributed by atoms with van der Waals surface area (Å²) in [5.41, 5.74) is 1.24. The molecule has 0 atom stereocenters. The molecule has 0 saturated heterocycles. The van der Waals surface area contributed by atoms with Gasteiger partial charge < -0.3 is 14.8 Å². The number of aromatic hydroxyl groups is 1. The first-order valence-corrected chi connectivity index (χ1v) is 8.28. The van der Waals surface area contributed by atoms with Gasteiger partial charge in [0.15, 0.2) is 0 Å². The maximum atomic E-state index is 11.9. The van der Waals surface area contributed by atoms with E-state index in [0.29, 0.717) is 22.2 Å². The monoisotopic (exact) mass is 361 g/mol. The van der Waals surface area contributed by atoms with E-state index >= 15 is 0 Å². The van der Waals surface area contributed by atoms with Crippen molar-refractivity contribution in [1.29, 1.82) is 0 Å². The first-order valence-electron chi connectivity index (χ1n) is 6.92. The highest BCUT2D eigenvalue weighted by Gasteiger charge is 2.12. The van der Waals surface area contributed by atoms with E-state index in [2.05, 4.69) is 15.5 Å². The summed E-state index contributed by atoms with van der Waals surface area (Å²) in [4.78, 5) is 11.9. The number of rotatable bonds is 5. The van der Waals surface area contributed by atoms with E-state index in [1.165, 1.54) is 12.1 Å². The number of thioether (sulfide) groups is 1. The molecule has 1 heterocycles. The van der Waals surface area contributed by atoms with Gasteiger partial charge in [0.25, 0.3) is 5.22 Å². The van der Waals surface area contributed by atoms with Crippen LogP contribution < -0.4 is 5.32 Å². The number of phenolic OH excluding ortho intramolecular Hbond substituents is 1. The Hall–Kier alpha value is -2.51. The Labute approximate surface area is 146 Å². The first kappa shape index (κ1) is 16.4. The minimum atomic E-state index is -0.225. The molecular formula is C16H12ClN3O3S. The molecule has 0 unspecified atom stereocenters. The molecule has 0 spiro atoms. The van der Waals surface area contributed by atoms with Gasteiger partial charge in [-0.25, -0.2) is 0 Å². The fourth-order valence-electron chi connectivity index (χ4n) is 1.86. The Balaban J connectivity index is 1.58. The van der Waals surface area contributed by atoms with Gasteiger partial charge in [0, 0.05) is 5.56 Å². The highest BCUT2D eigenvalue weighted by molar-refractivity contribution is 7.99. The Morgan fingerprint density at radius 3 is 2.67 bits per heavy atom. The summed E-state index contributed by atoms with van der Waals surface area (Å²) < 4.78 is 5.49. The number of hydrogen-bond donors (Lipinski definition) is 2. The summed E-state index contributed by atoms with van der Waals surface area (Å²) in [6, 6.07) is 13.4. The van der Waals surface area contributed by atoms with Crippen LogP contribution in [0.1, 0.15) is 0 Å². The number of halogens is 1. The van der Waals surface area contributed by atoms with Crippen LogP contribution in [0, 0.1) is 0 Å². The lowest BCUT2D eigenvalue weighted by Crippen LogP contribution is -2.14. The molecule has 0 saturated carbocycles. The van der Waals surface area contributed by atoms with E-state index in [1.54, 1.807) is 36.4 Å². The molecule has 0 radical (unpaired) electrons. The molecule has 0 fully saturated rings. The van der Waals surface area contributed by atoms with E-state index in [1.807, 2.05) is 0 Å². The van der Waals surface area contributed by atoms with Crippen LogP contribution in [0.25, 0.3) is 11.5 Å². The van der Waals surface area contributed by atoms with Crippen LogP contribution in [0.3, 0.4) is 0 Å². The number of hydrogen-bond acceptors (Lipinski definition) is 6. The average Bonchev–Trinajstić information content (AvgIpc) is 3.05. The number of carbonyl (C=O) groups excluding carboxylic acids is 1. The van der Waals surface area contributed by atoms with Crippen LogP contribution in [0.2, 0.25) is 5.02 Å². The van der Waals surface area contributed by atoms with Crippen molar-refractivity contribution >= 4 is 35.0 Å². The number of nitrogens with zero attached hydrogens (tertiary/aromatic N) is 2. The molecule has 2 N–H and O–H groups in total. The smallest absolute Gasteiger partial charge is 0.277 e. The van der Waals surface area contributed by atoms with Crippen LogP contribution >= 0.6 is 23.4 Å². The van der Waals surface area contributed by atoms with Crippen molar-refractivity contribution in [2.24, 2.45) is 0 Å². The predicted molar refractivity (Wildman–Crippen MR) is 92.2 cm³/mol. The second-order valence-corrected chi connectivity index (χ2v) is 6.07. The highest BCUT2D eigenvalue weighted by atomic mass is 35.5. The molecule has 24 heavy (non-hydrogen) atoms. The van der Waals surface area contributed by atoms with Gasteiger partial charge in [-0.05, 0) is 36.4 Å². The largest absolute Gasteiger partial charge is 0.508 e. The van der Waals surface area contributed by atoms with Crippen molar-refractivity contribution in [3.63, 3.8) is 0 Å². The summed E-state index contributed by atoms with van der Waals surface area (Å²) in [5.74, 6) is 0.369. The van der Waals surface area contributed by atoms with Crippen LogP contribution in [0.4, 0.5) is 5.69 Å². The lowest BCUT2D eigenvalue weighted by molar-refractivity contribution is -0.113. The number of aromatic nitrogens is 2. The molecule has 122 valence electrons. The molecule has 0 aliphatic carbocycles. The zero-order chi connectivity index (χ0) is 16.9. The van der Waals surface area contributed by atoms with Crippen molar-refractivity contribution in [1.82, 2.24) is 10.2 Å². The molecule has 3 aromatic rings. The fourth-order valence-corrected chi connectivity index (χ4v) is 2.61. The maximum absolute atomic E-state index is 11.9. The van der Waals surface area contributed by atoms with E-state index in [9.17, 15) is 9.90 Å². The second kappa shape index (κ2) is 7.37. The van der Waals surface area contributed by atoms with Crippen LogP contribution in [-0.4, -0.2) is 27.0 Å². The Kier molecular flexibility index (Phi) is 5.02. The van der Waals surface area contributed by atoms with Crippen molar-refractivity contribution < 1.29 is 14.3 Å². The van der Waals surface area contributed by atoms with Gasteiger partial charge in [-0.2, -0.15) is 0 Å². The van der Waals surface area contributed by atoms with Crippen LogP contribution in [0.5, 0.6) is 5.75 Å². The zero-order valence-electron chi connectivity index (χ0n) is 12.3. The molecule has 6 nitrogen and oxygen atoms in total. The molecule has 3 rings (SSSR count). The highest BCUT2D eigenvalue weighted by Crippen LogP contribution is 2.25. The Morgan fingerprint density at radius 1 is 1.17 bits per heavy atom. The third kappa shape index (κ3) is 4.06. The van der Waals surface area contributed by atoms with Crippen molar-refractivity contribution in [2.75, 3.05) is 11.1 Å². The summed E-state index contributed by atoms with van der Waals surface area (Å²) in [7, 11) is 0. The molecule has 0 aliphatic heterocycles. The summed E-state index contributed by atoms with van der Waals surface area (Å²) in [5, 5.41) is 20.6. The lowest BCUT2D eigenvalue weighted by atomic mass is 10.2. The normalized spacial score (nSPS) is 10.5. The Morgan fingerprint density at radius 2 is 1.92 bits per heavy atom. The number of para-hydroxylation sites is 1. The average molecular weight is 362 g/mol. The SMILES string of the molecule is O=C(CSc1nnc(-c2ccc(O)cc2)o1)Nc1ccccc1Cl. The number of nitrogens with one attached hydrogen (secondary N) is 1. The van der Waals surface area contributed by atoms with Crippen LogP contribution in [0.15, 0.2) is 58.2 Å². The number of carbonyl (C=O) groups is 1. The molecule has 8 heteroatoms.